The molecular weight excluding hydrogens is 873 g/mol. The van der Waals surface area contributed by atoms with Gasteiger partial charge in [-0.05, 0) is 186 Å². The maximum absolute atomic E-state index is 5.16. The highest BCUT2D eigenvalue weighted by Gasteiger charge is 2.20. The minimum absolute atomic E-state index is 0.924. The molecule has 0 aliphatic heterocycles. The zero-order valence-corrected chi connectivity index (χ0v) is 39.6. The summed E-state index contributed by atoms with van der Waals surface area (Å²) >= 11 is 10.8. The maximum atomic E-state index is 5.16. The Morgan fingerprint density at radius 1 is 0.424 bits per heavy atom. The van der Waals surface area contributed by atoms with Crippen LogP contribution in [-0.4, -0.2) is 0 Å². The monoisotopic (exact) mass is 916 g/mol. The summed E-state index contributed by atoms with van der Waals surface area (Å²) in [6.07, 6.45) is 24.8. The molecule has 0 bridgehead atoms. The Kier molecular flexibility index (Phi) is 11.0. The first-order valence-corrected chi connectivity index (χ1v) is 25.6. The molecule has 0 amide bonds. The highest BCUT2D eigenvalue weighted by atomic mass is 32.1. The number of thiol groups is 1. The number of hydrogen-bond acceptors (Lipinski definition) is 4. The molecule has 0 nitrogen and oxygen atoms in total. The van der Waals surface area contributed by atoms with E-state index < -0.39 is 0 Å². The Morgan fingerprint density at radius 2 is 0.955 bits per heavy atom. The van der Waals surface area contributed by atoms with Crippen LogP contribution in [0.5, 0.6) is 0 Å². The van der Waals surface area contributed by atoms with E-state index in [0.29, 0.717) is 0 Å². The van der Waals surface area contributed by atoms with Crippen molar-refractivity contribution in [3.05, 3.63) is 227 Å². The van der Waals surface area contributed by atoms with Crippen LogP contribution in [0.3, 0.4) is 0 Å². The number of fused-ring (bicyclic) bond motifs is 4. The van der Waals surface area contributed by atoms with Crippen molar-refractivity contribution < 1.29 is 0 Å². The SMILES string of the molecule is S/C(=C\C=C\c1ccc(C2=CCCC=C2)s1)c1ccc2c(-c3ccc4ccccc4c3)c3cc(-c4ccc(-c5ccc(C6=CCCC=C6)s5)s4)ccc3c(-c3ccc4ccccc4c3)c2c1. The first-order valence-electron chi connectivity index (χ1n) is 22.7. The van der Waals surface area contributed by atoms with Gasteiger partial charge in [-0.3, -0.25) is 0 Å². The molecule has 3 aromatic heterocycles. The van der Waals surface area contributed by atoms with E-state index >= 15 is 0 Å². The van der Waals surface area contributed by atoms with Gasteiger partial charge in [0.05, 0.1) is 0 Å². The highest BCUT2D eigenvalue weighted by Crippen LogP contribution is 2.48. The molecule has 0 atom stereocenters. The number of allylic oxidation sites excluding steroid dienone is 10. The van der Waals surface area contributed by atoms with E-state index in [1.807, 2.05) is 34.0 Å². The first-order chi connectivity index (χ1) is 32.6. The van der Waals surface area contributed by atoms with Crippen LogP contribution in [0, 0.1) is 0 Å². The first kappa shape index (κ1) is 40.9. The fraction of sp³-hybridized carbons (Fsp3) is 0.0645. The van der Waals surface area contributed by atoms with Crippen LogP contribution < -0.4 is 0 Å². The zero-order valence-electron chi connectivity index (χ0n) is 36.2. The number of thiophene rings is 3. The Bertz CT molecular complexity index is 3720. The molecule has 2 aliphatic rings. The molecule has 7 aromatic carbocycles. The van der Waals surface area contributed by atoms with Crippen LogP contribution in [0.2, 0.25) is 0 Å². The molecule has 10 aromatic rings. The molecule has 0 fully saturated rings. The number of rotatable bonds is 9. The quantitative estimate of drug-likeness (QED) is 0.0832. The van der Waals surface area contributed by atoms with Crippen LogP contribution in [0.15, 0.2) is 206 Å². The maximum Gasteiger partial charge on any atom is 0.0449 e. The third kappa shape index (κ3) is 7.88. The van der Waals surface area contributed by atoms with Crippen LogP contribution in [0.4, 0.5) is 0 Å². The van der Waals surface area contributed by atoms with Crippen molar-refractivity contribution in [1.29, 1.82) is 0 Å². The van der Waals surface area contributed by atoms with Crippen molar-refractivity contribution >= 4 is 112 Å². The molecule has 0 radical (unpaired) electrons. The second-order valence-corrected chi connectivity index (χ2v) is 20.9. The van der Waals surface area contributed by atoms with Crippen molar-refractivity contribution in [3.8, 4) is 42.4 Å². The van der Waals surface area contributed by atoms with E-state index in [0.717, 1.165) is 36.2 Å². The molecule has 12 rings (SSSR count). The average Bonchev–Trinajstić information content (AvgIpc) is 4.18. The lowest BCUT2D eigenvalue weighted by Crippen LogP contribution is -1.93. The highest BCUT2D eigenvalue weighted by molar-refractivity contribution is 7.90. The predicted molar refractivity (Wildman–Crippen MR) is 297 cm³/mol. The van der Waals surface area contributed by atoms with Crippen LogP contribution in [-0.2, 0) is 0 Å². The third-order valence-corrected chi connectivity index (χ3v) is 16.9. The molecule has 0 saturated carbocycles. The van der Waals surface area contributed by atoms with Gasteiger partial charge in [-0.1, -0.05) is 140 Å². The molecule has 316 valence electrons. The van der Waals surface area contributed by atoms with Gasteiger partial charge >= 0.3 is 0 Å². The van der Waals surface area contributed by atoms with Gasteiger partial charge < -0.3 is 0 Å². The standard InChI is InChI=1S/C62H44S4/c63-55(21-11-20-50-28-31-56(64-50)42-14-3-1-4-15-42)46-26-29-51-53(38-46)61(48-24-22-40-12-7-9-18-44(40)36-48)52-30-27-47(39-54(52)62(51)49-25-23-41-13-8-10-19-45(41)37-49)58-33-35-60(66-58)59-34-32-57(65-59)43-16-5-2-6-17-43/h3,5,7-39,63H,1-2,4,6H2/b20-11+,55-21-. The molecule has 0 unspecified atom stereocenters. The Balaban J connectivity index is 1.02. The summed E-state index contributed by atoms with van der Waals surface area (Å²) in [7, 11) is 0. The molecule has 66 heavy (non-hydrogen) atoms. The molecular formula is C62H44S4. The summed E-state index contributed by atoms with van der Waals surface area (Å²) in [6.45, 7) is 0. The Hall–Kier alpha value is -6.53. The van der Waals surface area contributed by atoms with Gasteiger partial charge in [0.15, 0.2) is 0 Å². The summed E-state index contributed by atoms with van der Waals surface area (Å²) in [5.41, 5.74) is 9.89. The second kappa shape index (κ2) is 17.7. The van der Waals surface area contributed by atoms with Crippen molar-refractivity contribution in [2.45, 2.75) is 25.7 Å². The topological polar surface area (TPSA) is 0 Å². The number of benzene rings is 7. The third-order valence-electron chi connectivity index (χ3n) is 12.9. The van der Waals surface area contributed by atoms with Gasteiger partial charge in [-0.2, -0.15) is 0 Å². The minimum Gasteiger partial charge on any atom is -0.143 e. The van der Waals surface area contributed by atoms with Gasteiger partial charge in [0.1, 0.15) is 0 Å². The zero-order chi connectivity index (χ0) is 44.0. The molecule has 0 spiro atoms. The molecule has 4 heteroatoms. The van der Waals surface area contributed by atoms with Crippen LogP contribution in [0.25, 0.3) is 108 Å². The van der Waals surface area contributed by atoms with Gasteiger partial charge in [0.2, 0.25) is 0 Å². The molecule has 0 N–H and O–H groups in total. The smallest absolute Gasteiger partial charge is 0.0449 e. The van der Waals surface area contributed by atoms with E-state index in [4.69, 9.17) is 12.6 Å². The summed E-state index contributed by atoms with van der Waals surface area (Å²) in [6, 6.07) is 59.1. The summed E-state index contributed by atoms with van der Waals surface area (Å²) < 4.78 is 0. The van der Waals surface area contributed by atoms with E-state index in [1.165, 1.54) is 111 Å². The second-order valence-electron chi connectivity index (χ2n) is 17.1. The van der Waals surface area contributed by atoms with Crippen LogP contribution in [0.1, 0.15) is 45.9 Å². The summed E-state index contributed by atoms with van der Waals surface area (Å²) in [5.74, 6) is 0. The summed E-state index contributed by atoms with van der Waals surface area (Å²) in [5, 5.41) is 9.85. The van der Waals surface area contributed by atoms with Gasteiger partial charge in [-0.15, -0.1) is 46.6 Å². The summed E-state index contributed by atoms with van der Waals surface area (Å²) in [4.78, 5) is 8.70. The lowest BCUT2D eigenvalue weighted by molar-refractivity contribution is 1.04. The van der Waals surface area contributed by atoms with Crippen molar-refractivity contribution in [1.82, 2.24) is 0 Å². The van der Waals surface area contributed by atoms with E-state index in [9.17, 15) is 0 Å². The van der Waals surface area contributed by atoms with Crippen molar-refractivity contribution in [3.63, 3.8) is 0 Å². The lowest BCUT2D eigenvalue weighted by Gasteiger charge is -2.20. The normalized spacial score (nSPS) is 14.3. The van der Waals surface area contributed by atoms with Gasteiger partial charge in [0, 0.05) is 34.2 Å². The average molecular weight is 917 g/mol. The molecule has 3 heterocycles. The largest absolute Gasteiger partial charge is 0.143 e. The van der Waals surface area contributed by atoms with Crippen molar-refractivity contribution in [2.75, 3.05) is 0 Å². The van der Waals surface area contributed by atoms with E-state index in [1.54, 1.807) is 0 Å². The fourth-order valence-corrected chi connectivity index (χ4v) is 12.9. The lowest BCUT2D eigenvalue weighted by atomic mass is 9.84. The van der Waals surface area contributed by atoms with Gasteiger partial charge in [0.25, 0.3) is 0 Å². The molecule has 2 aliphatic carbocycles. The Labute approximate surface area is 403 Å². The van der Waals surface area contributed by atoms with E-state index in [-0.39, 0.29) is 0 Å². The predicted octanol–water partition coefficient (Wildman–Crippen LogP) is 19.6. The fourth-order valence-electron chi connectivity index (χ4n) is 9.62. The minimum atomic E-state index is 0.924. The van der Waals surface area contributed by atoms with Gasteiger partial charge in [-0.25, -0.2) is 0 Å². The Morgan fingerprint density at radius 3 is 1.59 bits per heavy atom. The van der Waals surface area contributed by atoms with Crippen LogP contribution >= 0.6 is 46.6 Å². The van der Waals surface area contributed by atoms with Crippen molar-refractivity contribution in [2.24, 2.45) is 0 Å². The van der Waals surface area contributed by atoms with E-state index in [2.05, 4.69) is 212 Å². The number of hydrogen-bond donors (Lipinski definition) is 1. The molecule has 0 saturated heterocycles.